The van der Waals surface area contributed by atoms with E-state index in [0.717, 1.165) is 0 Å². The van der Waals surface area contributed by atoms with Gasteiger partial charge in [-0.3, -0.25) is 9.59 Å². The van der Waals surface area contributed by atoms with Crippen LogP contribution in [0.1, 0.15) is 31.1 Å². The number of Topliss-reactive ketones (excluding diaryl/α,β-unsaturated/α-hetero) is 1. The highest BCUT2D eigenvalue weighted by Gasteiger charge is 2.25. The molecule has 0 aromatic heterocycles. The lowest BCUT2D eigenvalue weighted by molar-refractivity contribution is -0.145. The zero-order chi connectivity index (χ0) is 15.4. The zero-order valence-electron chi connectivity index (χ0n) is 12.7. The molecule has 2 atom stereocenters. The molecule has 1 aliphatic heterocycles. The maximum atomic E-state index is 12.1. The number of ketones is 1. The number of morpholine rings is 1. The number of amides is 1. The number of carbonyl (C=O) groups is 2. The molecule has 1 amide bonds. The van der Waals surface area contributed by atoms with Gasteiger partial charge in [-0.25, -0.2) is 0 Å². The fraction of sp³-hybridized carbons (Fsp3) is 0.500. The Labute approximate surface area is 124 Å². The summed E-state index contributed by atoms with van der Waals surface area (Å²) >= 11 is 0. The van der Waals surface area contributed by atoms with Gasteiger partial charge in [0.05, 0.1) is 12.2 Å². The summed E-state index contributed by atoms with van der Waals surface area (Å²) in [5.41, 5.74) is 0.629. The lowest BCUT2D eigenvalue weighted by Gasteiger charge is -2.35. The molecule has 1 fully saturated rings. The lowest BCUT2D eigenvalue weighted by Crippen LogP contribution is -2.49. The van der Waals surface area contributed by atoms with Crippen LogP contribution in [0.2, 0.25) is 0 Å². The van der Waals surface area contributed by atoms with Gasteiger partial charge in [0.15, 0.2) is 12.4 Å². The molecule has 0 radical (unpaired) electrons. The number of nitrogens with zero attached hydrogens (tertiary/aromatic N) is 1. The first-order chi connectivity index (χ1) is 9.95. The molecule has 1 aromatic rings. The second kappa shape index (κ2) is 6.72. The van der Waals surface area contributed by atoms with E-state index >= 15 is 0 Å². The molecule has 5 heteroatoms. The lowest BCUT2D eigenvalue weighted by atomic mass is 10.1. The van der Waals surface area contributed by atoms with E-state index in [1.807, 2.05) is 13.8 Å². The van der Waals surface area contributed by atoms with Crippen molar-refractivity contribution >= 4 is 11.7 Å². The van der Waals surface area contributed by atoms with Gasteiger partial charge in [-0.05, 0) is 45.0 Å². The minimum absolute atomic E-state index is 0.00113. The fourth-order valence-corrected chi connectivity index (χ4v) is 2.40. The molecule has 2 unspecified atom stereocenters. The van der Waals surface area contributed by atoms with E-state index in [1.54, 1.807) is 29.2 Å². The van der Waals surface area contributed by atoms with Crippen LogP contribution in [0.5, 0.6) is 5.75 Å². The summed E-state index contributed by atoms with van der Waals surface area (Å²) in [4.78, 5) is 25.1. The third-order valence-electron chi connectivity index (χ3n) is 3.40. The molecule has 1 aromatic carbocycles. The van der Waals surface area contributed by atoms with Crippen LogP contribution in [0, 0.1) is 0 Å². The van der Waals surface area contributed by atoms with E-state index in [-0.39, 0.29) is 30.5 Å². The third kappa shape index (κ3) is 4.29. The highest BCUT2D eigenvalue weighted by molar-refractivity contribution is 5.94. The Hall–Kier alpha value is -1.88. The Kier molecular flexibility index (Phi) is 4.96. The van der Waals surface area contributed by atoms with Crippen LogP contribution < -0.4 is 4.74 Å². The first kappa shape index (κ1) is 15.5. The van der Waals surface area contributed by atoms with Crippen molar-refractivity contribution in [2.75, 3.05) is 19.7 Å². The molecular weight excluding hydrogens is 270 g/mol. The largest absolute Gasteiger partial charge is 0.484 e. The summed E-state index contributed by atoms with van der Waals surface area (Å²) in [6, 6.07) is 6.80. The van der Waals surface area contributed by atoms with Crippen molar-refractivity contribution < 1.29 is 19.1 Å². The number of hydrogen-bond donors (Lipinski definition) is 0. The SMILES string of the molecule is CC(=O)c1ccc(OCC(=O)N2CC(C)OC(C)C2)cc1. The standard InChI is InChI=1S/C16H21NO4/c1-11-8-17(9-12(2)21-11)16(19)10-20-15-6-4-14(5-7-15)13(3)18/h4-7,11-12H,8-10H2,1-3H3. The molecule has 2 rings (SSSR count). The van der Waals surface area contributed by atoms with E-state index in [1.165, 1.54) is 6.92 Å². The number of rotatable bonds is 4. The topological polar surface area (TPSA) is 55.8 Å². The summed E-state index contributed by atoms with van der Waals surface area (Å²) in [6.45, 7) is 6.61. The van der Waals surface area contributed by atoms with Gasteiger partial charge in [0.1, 0.15) is 5.75 Å². The van der Waals surface area contributed by atoms with Crippen LogP contribution in [-0.2, 0) is 9.53 Å². The molecule has 1 saturated heterocycles. The summed E-state index contributed by atoms with van der Waals surface area (Å²) in [6.07, 6.45) is 0.0973. The van der Waals surface area contributed by atoms with E-state index in [2.05, 4.69) is 0 Å². The molecule has 114 valence electrons. The fourth-order valence-electron chi connectivity index (χ4n) is 2.40. The predicted molar refractivity (Wildman–Crippen MR) is 78.5 cm³/mol. The number of hydrogen-bond acceptors (Lipinski definition) is 4. The molecule has 0 bridgehead atoms. The number of benzene rings is 1. The minimum atomic E-state index is -0.0485. The molecule has 0 N–H and O–H groups in total. The minimum Gasteiger partial charge on any atom is -0.484 e. The number of carbonyl (C=O) groups excluding carboxylic acids is 2. The predicted octanol–water partition coefficient (Wildman–Crippen LogP) is 1.90. The van der Waals surface area contributed by atoms with Crippen molar-refractivity contribution in [2.45, 2.75) is 33.0 Å². The Morgan fingerprint density at radius 2 is 1.76 bits per heavy atom. The van der Waals surface area contributed by atoms with Crippen molar-refractivity contribution in [2.24, 2.45) is 0 Å². The van der Waals surface area contributed by atoms with Crippen molar-refractivity contribution in [3.63, 3.8) is 0 Å². The van der Waals surface area contributed by atoms with Crippen molar-refractivity contribution in [1.29, 1.82) is 0 Å². The van der Waals surface area contributed by atoms with Crippen LogP contribution in [0.15, 0.2) is 24.3 Å². The quantitative estimate of drug-likeness (QED) is 0.795. The molecule has 0 aliphatic carbocycles. The Morgan fingerprint density at radius 1 is 1.19 bits per heavy atom. The van der Waals surface area contributed by atoms with Crippen LogP contribution in [0.25, 0.3) is 0 Å². The average molecular weight is 291 g/mol. The molecule has 1 aliphatic rings. The van der Waals surface area contributed by atoms with Gasteiger partial charge < -0.3 is 14.4 Å². The summed E-state index contributed by atoms with van der Waals surface area (Å²) in [5, 5.41) is 0. The van der Waals surface area contributed by atoms with E-state index in [4.69, 9.17) is 9.47 Å². The Balaban J connectivity index is 1.87. The molecule has 1 heterocycles. The molecule has 0 saturated carbocycles. The van der Waals surface area contributed by atoms with Gasteiger partial charge in [-0.1, -0.05) is 0 Å². The van der Waals surface area contributed by atoms with Gasteiger partial charge in [-0.2, -0.15) is 0 Å². The van der Waals surface area contributed by atoms with Crippen LogP contribution in [0.4, 0.5) is 0 Å². The Bertz CT molecular complexity index is 502. The second-order valence-corrected chi connectivity index (χ2v) is 5.43. The van der Waals surface area contributed by atoms with Gasteiger partial charge in [-0.15, -0.1) is 0 Å². The Morgan fingerprint density at radius 3 is 2.29 bits per heavy atom. The smallest absolute Gasteiger partial charge is 0.260 e. The van der Waals surface area contributed by atoms with Crippen LogP contribution >= 0.6 is 0 Å². The zero-order valence-corrected chi connectivity index (χ0v) is 12.7. The second-order valence-electron chi connectivity index (χ2n) is 5.43. The molecular formula is C16H21NO4. The van der Waals surface area contributed by atoms with Gasteiger partial charge in [0, 0.05) is 18.7 Å². The summed E-state index contributed by atoms with van der Waals surface area (Å²) in [7, 11) is 0. The van der Waals surface area contributed by atoms with E-state index in [9.17, 15) is 9.59 Å². The maximum Gasteiger partial charge on any atom is 0.260 e. The summed E-state index contributed by atoms with van der Waals surface area (Å²) < 4.78 is 11.1. The first-order valence-electron chi connectivity index (χ1n) is 7.12. The monoisotopic (exact) mass is 291 g/mol. The molecule has 5 nitrogen and oxygen atoms in total. The number of ether oxygens (including phenoxy) is 2. The highest BCUT2D eigenvalue weighted by atomic mass is 16.5. The molecule has 0 spiro atoms. The maximum absolute atomic E-state index is 12.1. The third-order valence-corrected chi connectivity index (χ3v) is 3.40. The average Bonchev–Trinajstić information content (AvgIpc) is 2.44. The van der Waals surface area contributed by atoms with Crippen molar-refractivity contribution in [1.82, 2.24) is 4.90 Å². The summed E-state index contributed by atoms with van der Waals surface area (Å²) in [5.74, 6) is 0.546. The van der Waals surface area contributed by atoms with Gasteiger partial charge in [0.25, 0.3) is 5.91 Å². The van der Waals surface area contributed by atoms with Crippen LogP contribution in [0.3, 0.4) is 0 Å². The highest BCUT2D eigenvalue weighted by Crippen LogP contribution is 2.14. The van der Waals surface area contributed by atoms with Gasteiger partial charge >= 0.3 is 0 Å². The van der Waals surface area contributed by atoms with Crippen LogP contribution in [-0.4, -0.2) is 48.5 Å². The van der Waals surface area contributed by atoms with Crippen molar-refractivity contribution in [3.8, 4) is 5.75 Å². The first-order valence-corrected chi connectivity index (χ1v) is 7.12. The molecule has 21 heavy (non-hydrogen) atoms. The van der Waals surface area contributed by atoms with Gasteiger partial charge in [0.2, 0.25) is 0 Å². The van der Waals surface area contributed by atoms with Crippen molar-refractivity contribution in [3.05, 3.63) is 29.8 Å². The van der Waals surface area contributed by atoms with E-state index < -0.39 is 0 Å². The van der Waals surface area contributed by atoms with E-state index in [0.29, 0.717) is 24.4 Å². The normalized spacial score (nSPS) is 22.0.